The predicted octanol–water partition coefficient (Wildman–Crippen LogP) is 3.65. The van der Waals surface area contributed by atoms with E-state index in [0.29, 0.717) is 17.1 Å². The molecule has 0 fully saturated rings. The molecule has 2 aromatic carbocycles. The summed E-state index contributed by atoms with van der Waals surface area (Å²) in [5, 5.41) is 3.96. The summed E-state index contributed by atoms with van der Waals surface area (Å²) in [6, 6.07) is 14.6. The molecule has 0 unspecified atom stereocenters. The number of fused-ring (bicyclic) bond motifs is 2. The number of ether oxygens (including phenoxy) is 2. The molecule has 0 aliphatic carbocycles. The molecule has 2 heterocycles. The van der Waals surface area contributed by atoms with Gasteiger partial charge < -0.3 is 19.2 Å². The Hall–Kier alpha value is -2.95. The first-order valence-electron chi connectivity index (χ1n) is 7.40. The smallest absolute Gasteiger partial charge is 0.252 e. The number of carbonyl (C=O) groups is 1. The maximum Gasteiger partial charge on any atom is 0.252 e. The van der Waals surface area contributed by atoms with Crippen molar-refractivity contribution in [3.05, 3.63) is 59.9 Å². The van der Waals surface area contributed by atoms with Gasteiger partial charge in [-0.3, -0.25) is 4.79 Å². The molecule has 116 valence electrons. The van der Waals surface area contributed by atoms with Crippen molar-refractivity contribution in [3.63, 3.8) is 0 Å². The van der Waals surface area contributed by atoms with Crippen molar-refractivity contribution in [3.8, 4) is 11.5 Å². The van der Waals surface area contributed by atoms with E-state index in [-0.39, 0.29) is 18.7 Å². The Morgan fingerprint density at radius 2 is 1.91 bits per heavy atom. The molecule has 23 heavy (non-hydrogen) atoms. The summed E-state index contributed by atoms with van der Waals surface area (Å²) in [4.78, 5) is 12.4. The van der Waals surface area contributed by atoms with Crippen molar-refractivity contribution in [1.29, 1.82) is 0 Å². The maximum atomic E-state index is 12.4. The average Bonchev–Trinajstić information content (AvgIpc) is 3.20. The first-order chi connectivity index (χ1) is 11.2. The van der Waals surface area contributed by atoms with E-state index in [4.69, 9.17) is 13.9 Å². The fraction of sp³-hybridized carbons (Fsp3) is 0.167. The second-order valence-electron chi connectivity index (χ2n) is 5.45. The Labute approximate surface area is 132 Å². The second kappa shape index (κ2) is 5.35. The third kappa shape index (κ3) is 2.50. The van der Waals surface area contributed by atoms with Crippen molar-refractivity contribution >= 4 is 16.9 Å². The van der Waals surface area contributed by atoms with E-state index in [0.717, 1.165) is 16.7 Å². The molecule has 1 aromatic heterocycles. The topological polar surface area (TPSA) is 60.7 Å². The van der Waals surface area contributed by atoms with Crippen LogP contribution in [0.25, 0.3) is 11.0 Å². The first kappa shape index (κ1) is 13.7. The summed E-state index contributed by atoms with van der Waals surface area (Å²) in [5.41, 5.74) is 1.34. The number of benzene rings is 2. The minimum Gasteiger partial charge on any atom is -0.459 e. The highest BCUT2D eigenvalue weighted by atomic mass is 16.7. The lowest BCUT2D eigenvalue weighted by molar-refractivity contribution is 0.0935. The van der Waals surface area contributed by atoms with Crippen molar-refractivity contribution in [1.82, 2.24) is 5.32 Å². The average molecular weight is 309 g/mol. The lowest BCUT2D eigenvalue weighted by Crippen LogP contribution is -2.26. The molecule has 0 bridgehead atoms. The molecule has 5 heteroatoms. The molecule has 1 amide bonds. The largest absolute Gasteiger partial charge is 0.459 e. The predicted molar refractivity (Wildman–Crippen MR) is 84.7 cm³/mol. The molecule has 1 atom stereocenters. The Bertz CT molecular complexity index is 851. The van der Waals surface area contributed by atoms with E-state index < -0.39 is 0 Å². The number of carbonyl (C=O) groups excluding carboxylic acids is 1. The third-order valence-corrected chi connectivity index (χ3v) is 3.85. The fourth-order valence-corrected chi connectivity index (χ4v) is 2.60. The summed E-state index contributed by atoms with van der Waals surface area (Å²) < 4.78 is 16.3. The molecular formula is C18H15NO4. The molecule has 5 nitrogen and oxygen atoms in total. The zero-order valence-corrected chi connectivity index (χ0v) is 12.5. The molecule has 0 saturated heterocycles. The molecule has 0 radical (unpaired) electrons. The van der Waals surface area contributed by atoms with Crippen molar-refractivity contribution in [2.45, 2.75) is 13.0 Å². The number of amides is 1. The van der Waals surface area contributed by atoms with E-state index in [9.17, 15) is 4.79 Å². The van der Waals surface area contributed by atoms with Crippen LogP contribution in [0, 0.1) is 0 Å². The van der Waals surface area contributed by atoms with Gasteiger partial charge in [-0.05, 0) is 37.3 Å². The number of hydrogen-bond acceptors (Lipinski definition) is 4. The number of rotatable bonds is 3. The highest BCUT2D eigenvalue weighted by Gasteiger charge is 2.19. The van der Waals surface area contributed by atoms with Gasteiger partial charge >= 0.3 is 0 Å². The van der Waals surface area contributed by atoms with Gasteiger partial charge in [-0.25, -0.2) is 0 Å². The molecule has 1 aliphatic rings. The van der Waals surface area contributed by atoms with Crippen LogP contribution in [0.2, 0.25) is 0 Å². The quantitative estimate of drug-likeness (QED) is 0.802. The number of nitrogens with one attached hydrogen (secondary N) is 1. The van der Waals surface area contributed by atoms with Gasteiger partial charge in [0.2, 0.25) is 6.79 Å². The highest BCUT2D eigenvalue weighted by molar-refractivity contribution is 5.95. The van der Waals surface area contributed by atoms with Gasteiger partial charge in [0.05, 0.1) is 6.04 Å². The standard InChI is InChI=1S/C18H15NO4/c1-11(16-8-12-4-2-3-5-14(12)23-16)19-18(20)13-6-7-15-17(9-13)22-10-21-15/h2-9,11H,10H2,1H3,(H,19,20)/t11-/m0/s1. The Kier molecular flexibility index (Phi) is 3.19. The van der Waals surface area contributed by atoms with E-state index in [2.05, 4.69) is 5.32 Å². The van der Waals surface area contributed by atoms with Crippen molar-refractivity contribution in [2.24, 2.45) is 0 Å². The van der Waals surface area contributed by atoms with Crippen LogP contribution in [-0.4, -0.2) is 12.7 Å². The number of para-hydroxylation sites is 1. The van der Waals surface area contributed by atoms with Gasteiger partial charge in [0.1, 0.15) is 11.3 Å². The van der Waals surface area contributed by atoms with Crippen LogP contribution in [0.4, 0.5) is 0 Å². The van der Waals surface area contributed by atoms with Gasteiger partial charge in [-0.15, -0.1) is 0 Å². The van der Waals surface area contributed by atoms with Crippen molar-refractivity contribution < 1.29 is 18.7 Å². The summed E-state index contributed by atoms with van der Waals surface area (Å²) in [6.45, 7) is 2.08. The van der Waals surface area contributed by atoms with Gasteiger partial charge in [0, 0.05) is 10.9 Å². The molecule has 1 aliphatic heterocycles. The zero-order chi connectivity index (χ0) is 15.8. The van der Waals surface area contributed by atoms with Crippen LogP contribution in [0.1, 0.15) is 29.1 Å². The lowest BCUT2D eigenvalue weighted by Gasteiger charge is -2.11. The summed E-state index contributed by atoms with van der Waals surface area (Å²) in [7, 11) is 0. The molecule has 1 N–H and O–H groups in total. The summed E-state index contributed by atoms with van der Waals surface area (Å²) >= 11 is 0. The molecular weight excluding hydrogens is 294 g/mol. The zero-order valence-electron chi connectivity index (χ0n) is 12.5. The molecule has 0 spiro atoms. The van der Waals surface area contributed by atoms with E-state index in [1.807, 2.05) is 37.3 Å². The SMILES string of the molecule is C[C@H](NC(=O)c1ccc2c(c1)OCO2)c1cc2ccccc2o1. The lowest BCUT2D eigenvalue weighted by atomic mass is 10.1. The van der Waals surface area contributed by atoms with Crippen LogP contribution in [0.15, 0.2) is 52.9 Å². The van der Waals surface area contributed by atoms with E-state index in [1.54, 1.807) is 18.2 Å². The van der Waals surface area contributed by atoms with Crippen LogP contribution in [-0.2, 0) is 0 Å². The monoisotopic (exact) mass is 309 g/mol. The third-order valence-electron chi connectivity index (χ3n) is 3.85. The normalized spacial score (nSPS) is 14.0. The minimum absolute atomic E-state index is 0.184. The van der Waals surface area contributed by atoms with Gasteiger partial charge in [-0.1, -0.05) is 18.2 Å². The van der Waals surface area contributed by atoms with Gasteiger partial charge in [-0.2, -0.15) is 0 Å². The Morgan fingerprint density at radius 3 is 2.78 bits per heavy atom. The van der Waals surface area contributed by atoms with Crippen molar-refractivity contribution in [2.75, 3.05) is 6.79 Å². The highest BCUT2D eigenvalue weighted by Crippen LogP contribution is 2.32. The summed E-state index contributed by atoms with van der Waals surface area (Å²) in [6.07, 6.45) is 0. The summed E-state index contributed by atoms with van der Waals surface area (Å²) in [5.74, 6) is 1.79. The van der Waals surface area contributed by atoms with E-state index >= 15 is 0 Å². The molecule has 0 saturated carbocycles. The fourth-order valence-electron chi connectivity index (χ4n) is 2.60. The van der Waals surface area contributed by atoms with Gasteiger partial charge in [0.25, 0.3) is 5.91 Å². The molecule has 4 rings (SSSR count). The van der Waals surface area contributed by atoms with E-state index in [1.165, 1.54) is 0 Å². The van der Waals surface area contributed by atoms with Crippen LogP contribution in [0.5, 0.6) is 11.5 Å². The second-order valence-corrected chi connectivity index (χ2v) is 5.45. The number of hydrogen-bond donors (Lipinski definition) is 1. The molecule has 3 aromatic rings. The maximum absolute atomic E-state index is 12.4. The van der Waals surface area contributed by atoms with Crippen LogP contribution < -0.4 is 14.8 Å². The van der Waals surface area contributed by atoms with Crippen LogP contribution >= 0.6 is 0 Å². The number of furan rings is 1. The Balaban J connectivity index is 1.53. The minimum atomic E-state index is -0.236. The van der Waals surface area contributed by atoms with Gasteiger partial charge in [0.15, 0.2) is 11.5 Å². The first-order valence-corrected chi connectivity index (χ1v) is 7.40. The Morgan fingerprint density at radius 1 is 1.09 bits per heavy atom. The van der Waals surface area contributed by atoms with Crippen LogP contribution in [0.3, 0.4) is 0 Å².